The second-order valence-corrected chi connectivity index (χ2v) is 9.39. The number of fused-ring (bicyclic) bond motifs is 1. The van der Waals surface area contributed by atoms with Crippen LogP contribution >= 0.6 is 0 Å². The maximum Gasteiger partial charge on any atom is 0.325 e. The molecule has 2 saturated heterocycles. The Hall–Kier alpha value is -3.26. The number of carbonyl (C=O) groups excluding carboxylic acids is 2. The zero-order valence-electron chi connectivity index (χ0n) is 19.4. The molecule has 2 N–H and O–H groups in total. The number of benzene rings is 2. The molecule has 8 heteroatoms. The molecule has 0 aromatic heterocycles. The summed E-state index contributed by atoms with van der Waals surface area (Å²) in [6.45, 7) is 4.85. The number of imide groups is 1. The van der Waals surface area contributed by atoms with Crippen LogP contribution in [0.1, 0.15) is 31.7 Å². The SMILES string of the molecule is CCC1(C2CCN(Cc3cccc(O)c3)CC2)NC(=O)N(CC2COc3ccccc3O2)C1=O. The summed E-state index contributed by atoms with van der Waals surface area (Å²) in [4.78, 5) is 30.2. The number of para-hydroxylation sites is 2. The van der Waals surface area contributed by atoms with Gasteiger partial charge in [-0.1, -0.05) is 31.2 Å². The summed E-state index contributed by atoms with van der Waals surface area (Å²) in [6, 6.07) is 14.4. The van der Waals surface area contributed by atoms with Crippen molar-refractivity contribution in [2.24, 2.45) is 5.92 Å². The number of rotatable bonds is 6. The number of nitrogens with zero attached hydrogens (tertiary/aromatic N) is 2. The molecule has 3 amide bonds. The number of carbonyl (C=O) groups is 2. The second kappa shape index (κ2) is 9.18. The molecule has 3 aliphatic heterocycles. The first-order chi connectivity index (χ1) is 16.5. The molecule has 34 heavy (non-hydrogen) atoms. The number of phenolic OH excluding ortho intramolecular Hbond substituents is 1. The van der Waals surface area contributed by atoms with Crippen molar-refractivity contribution < 1.29 is 24.2 Å². The molecule has 3 heterocycles. The fourth-order valence-electron chi connectivity index (χ4n) is 5.47. The average Bonchev–Trinajstić information content (AvgIpc) is 3.09. The van der Waals surface area contributed by atoms with Crippen molar-refractivity contribution in [2.75, 3.05) is 26.2 Å². The Kier molecular flexibility index (Phi) is 6.08. The van der Waals surface area contributed by atoms with E-state index in [1.807, 2.05) is 43.3 Å². The van der Waals surface area contributed by atoms with E-state index in [0.717, 1.165) is 38.0 Å². The van der Waals surface area contributed by atoms with Crippen LogP contribution in [0.15, 0.2) is 48.5 Å². The van der Waals surface area contributed by atoms with Crippen molar-refractivity contribution in [1.29, 1.82) is 0 Å². The zero-order valence-corrected chi connectivity index (χ0v) is 19.4. The molecular weight excluding hydrogens is 434 g/mol. The van der Waals surface area contributed by atoms with Gasteiger partial charge in [-0.05, 0) is 68.1 Å². The van der Waals surface area contributed by atoms with E-state index >= 15 is 0 Å². The van der Waals surface area contributed by atoms with Gasteiger partial charge >= 0.3 is 6.03 Å². The highest BCUT2D eigenvalue weighted by Gasteiger charge is 2.55. The van der Waals surface area contributed by atoms with E-state index in [-0.39, 0.29) is 30.2 Å². The fraction of sp³-hybridized carbons (Fsp3) is 0.462. The van der Waals surface area contributed by atoms with Gasteiger partial charge in [-0.2, -0.15) is 0 Å². The normalized spacial score (nSPS) is 25.4. The third kappa shape index (κ3) is 4.18. The number of ether oxygens (including phenoxy) is 2. The minimum atomic E-state index is -0.873. The molecule has 2 fully saturated rings. The summed E-state index contributed by atoms with van der Waals surface area (Å²) in [6.07, 6.45) is 1.79. The second-order valence-electron chi connectivity index (χ2n) is 9.39. The van der Waals surface area contributed by atoms with Crippen LogP contribution in [-0.4, -0.2) is 64.7 Å². The molecule has 2 unspecified atom stereocenters. The first-order valence-electron chi connectivity index (χ1n) is 12.0. The molecule has 8 nitrogen and oxygen atoms in total. The molecule has 0 spiro atoms. The number of hydrogen-bond donors (Lipinski definition) is 2. The van der Waals surface area contributed by atoms with E-state index in [4.69, 9.17) is 9.47 Å². The monoisotopic (exact) mass is 465 g/mol. The molecule has 0 aliphatic carbocycles. The van der Waals surface area contributed by atoms with Crippen LogP contribution in [0.5, 0.6) is 17.2 Å². The van der Waals surface area contributed by atoms with Gasteiger partial charge in [0.15, 0.2) is 17.6 Å². The topological polar surface area (TPSA) is 91.3 Å². The number of likely N-dealkylation sites (tertiary alicyclic amines) is 1. The van der Waals surface area contributed by atoms with Gasteiger partial charge in [0.25, 0.3) is 5.91 Å². The third-order valence-corrected chi connectivity index (χ3v) is 7.31. The first kappa shape index (κ1) is 22.5. The van der Waals surface area contributed by atoms with Gasteiger partial charge in [-0.15, -0.1) is 0 Å². The largest absolute Gasteiger partial charge is 0.508 e. The molecule has 2 atom stereocenters. The summed E-state index contributed by atoms with van der Waals surface area (Å²) in [7, 11) is 0. The molecule has 0 saturated carbocycles. The predicted molar refractivity (Wildman–Crippen MR) is 126 cm³/mol. The fourth-order valence-corrected chi connectivity index (χ4v) is 5.47. The number of aromatic hydroxyl groups is 1. The van der Waals surface area contributed by atoms with E-state index in [0.29, 0.717) is 24.5 Å². The molecule has 0 bridgehead atoms. The molecule has 3 aliphatic rings. The van der Waals surface area contributed by atoms with Gasteiger partial charge in [0.1, 0.15) is 17.9 Å². The van der Waals surface area contributed by atoms with E-state index in [1.165, 1.54) is 4.90 Å². The maximum absolute atomic E-state index is 13.6. The van der Waals surface area contributed by atoms with Crippen LogP contribution in [0.3, 0.4) is 0 Å². The lowest BCUT2D eigenvalue weighted by molar-refractivity contribution is -0.135. The smallest absolute Gasteiger partial charge is 0.325 e. The minimum Gasteiger partial charge on any atom is -0.508 e. The minimum absolute atomic E-state index is 0.0728. The van der Waals surface area contributed by atoms with E-state index in [9.17, 15) is 14.7 Å². The molecule has 180 valence electrons. The van der Waals surface area contributed by atoms with Gasteiger partial charge in [0.05, 0.1) is 6.54 Å². The van der Waals surface area contributed by atoms with Crippen molar-refractivity contribution in [3.05, 3.63) is 54.1 Å². The maximum atomic E-state index is 13.6. The molecule has 5 rings (SSSR count). The molecule has 2 aromatic rings. The van der Waals surface area contributed by atoms with Gasteiger partial charge in [0.2, 0.25) is 0 Å². The van der Waals surface area contributed by atoms with Crippen molar-refractivity contribution in [3.8, 4) is 17.2 Å². The Labute approximate surface area is 199 Å². The zero-order chi connectivity index (χ0) is 23.7. The standard InChI is InChI=1S/C26H31N3O5/c1-2-26(19-10-12-28(13-11-19)15-18-6-5-7-20(30)14-18)24(31)29(25(32)27-26)16-21-17-33-22-8-3-4-9-23(22)34-21/h3-9,14,19,21,30H,2,10-13,15-17H2,1H3,(H,27,32). The first-order valence-corrected chi connectivity index (χ1v) is 12.0. The lowest BCUT2D eigenvalue weighted by Crippen LogP contribution is -2.56. The Morgan fingerprint density at radius 3 is 2.59 bits per heavy atom. The molecule has 0 radical (unpaired) electrons. The summed E-state index contributed by atoms with van der Waals surface area (Å²) in [5, 5.41) is 12.8. The number of amides is 3. The Morgan fingerprint density at radius 1 is 1.09 bits per heavy atom. The van der Waals surface area contributed by atoms with Crippen molar-refractivity contribution >= 4 is 11.9 Å². The van der Waals surface area contributed by atoms with Gasteiger partial charge < -0.3 is 19.9 Å². The van der Waals surface area contributed by atoms with Crippen molar-refractivity contribution in [3.63, 3.8) is 0 Å². The van der Waals surface area contributed by atoms with Crippen LogP contribution in [0.25, 0.3) is 0 Å². The Bertz CT molecular complexity index is 1070. The lowest BCUT2D eigenvalue weighted by Gasteiger charge is -2.40. The number of phenols is 1. The lowest BCUT2D eigenvalue weighted by atomic mass is 9.75. The quantitative estimate of drug-likeness (QED) is 0.637. The Balaban J connectivity index is 1.22. The molecule has 2 aromatic carbocycles. The number of urea groups is 1. The van der Waals surface area contributed by atoms with Crippen LogP contribution in [0.2, 0.25) is 0 Å². The number of piperidine rings is 1. The predicted octanol–water partition coefficient (Wildman–Crippen LogP) is 3.14. The highest BCUT2D eigenvalue weighted by Crippen LogP contribution is 2.37. The van der Waals surface area contributed by atoms with Crippen LogP contribution in [0, 0.1) is 5.92 Å². The number of nitrogens with one attached hydrogen (secondary N) is 1. The Morgan fingerprint density at radius 2 is 1.85 bits per heavy atom. The highest BCUT2D eigenvalue weighted by molar-refractivity contribution is 6.07. The van der Waals surface area contributed by atoms with E-state index in [2.05, 4.69) is 10.2 Å². The van der Waals surface area contributed by atoms with Crippen molar-refractivity contribution in [1.82, 2.24) is 15.1 Å². The van der Waals surface area contributed by atoms with Gasteiger partial charge in [0, 0.05) is 6.54 Å². The van der Waals surface area contributed by atoms with Gasteiger partial charge in [-0.3, -0.25) is 14.6 Å². The molecular formula is C26H31N3O5. The van der Waals surface area contributed by atoms with Crippen LogP contribution < -0.4 is 14.8 Å². The van der Waals surface area contributed by atoms with E-state index in [1.54, 1.807) is 12.1 Å². The average molecular weight is 466 g/mol. The number of hydrogen-bond acceptors (Lipinski definition) is 6. The summed E-state index contributed by atoms with van der Waals surface area (Å²) < 4.78 is 11.8. The van der Waals surface area contributed by atoms with E-state index < -0.39 is 11.6 Å². The van der Waals surface area contributed by atoms with Crippen LogP contribution in [-0.2, 0) is 11.3 Å². The summed E-state index contributed by atoms with van der Waals surface area (Å²) in [5.41, 5.74) is 0.193. The highest BCUT2D eigenvalue weighted by atomic mass is 16.6. The van der Waals surface area contributed by atoms with Crippen LogP contribution in [0.4, 0.5) is 4.79 Å². The third-order valence-electron chi connectivity index (χ3n) is 7.31. The van der Waals surface area contributed by atoms with Crippen molar-refractivity contribution in [2.45, 2.75) is 44.4 Å². The summed E-state index contributed by atoms with van der Waals surface area (Å²) in [5.74, 6) is 1.49. The van der Waals surface area contributed by atoms with Gasteiger partial charge in [-0.25, -0.2) is 4.79 Å². The summed E-state index contributed by atoms with van der Waals surface area (Å²) >= 11 is 0.